The number of hydrogen-bond acceptors (Lipinski definition) is 3. The first-order valence-electron chi connectivity index (χ1n) is 7.81. The fraction of sp³-hybridized carbons (Fsp3) is 0.625. The number of piperazine rings is 1. The molecular formula is C16H24BrCl2F3N2O. The summed E-state index contributed by atoms with van der Waals surface area (Å²) in [5.74, 6) is 0.113. The predicted octanol–water partition coefficient (Wildman–Crippen LogP) is 5.18. The Balaban J connectivity index is 0.00000288. The molecule has 2 rings (SSSR count). The Morgan fingerprint density at radius 1 is 1.24 bits per heavy atom. The van der Waals surface area contributed by atoms with E-state index < -0.39 is 6.36 Å². The van der Waals surface area contributed by atoms with Crippen molar-refractivity contribution >= 4 is 40.7 Å². The fourth-order valence-electron chi connectivity index (χ4n) is 3.01. The normalized spacial score (nSPS) is 17.8. The highest BCUT2D eigenvalue weighted by Gasteiger charge is 2.35. The summed E-state index contributed by atoms with van der Waals surface area (Å²) < 4.78 is 43.3. The van der Waals surface area contributed by atoms with Gasteiger partial charge in [0.2, 0.25) is 0 Å². The molecule has 1 heterocycles. The van der Waals surface area contributed by atoms with Gasteiger partial charge in [0, 0.05) is 42.3 Å². The lowest BCUT2D eigenvalue weighted by Gasteiger charge is -2.39. The second-order valence-corrected chi connectivity index (χ2v) is 6.76. The highest BCUT2D eigenvalue weighted by Crippen LogP contribution is 2.39. The first kappa shape index (κ1) is 24.8. The number of halogens is 6. The Morgan fingerprint density at radius 2 is 1.84 bits per heavy atom. The van der Waals surface area contributed by atoms with Crippen molar-refractivity contribution < 1.29 is 17.9 Å². The van der Waals surface area contributed by atoms with Crippen LogP contribution >= 0.6 is 40.7 Å². The lowest BCUT2D eigenvalue weighted by molar-refractivity contribution is -0.275. The molecule has 0 spiro atoms. The Morgan fingerprint density at radius 3 is 2.36 bits per heavy atom. The van der Waals surface area contributed by atoms with Crippen LogP contribution in [0.2, 0.25) is 0 Å². The Bertz CT molecular complexity index is 529. The molecule has 25 heavy (non-hydrogen) atoms. The van der Waals surface area contributed by atoms with Crippen LogP contribution in [0.25, 0.3) is 0 Å². The summed E-state index contributed by atoms with van der Waals surface area (Å²) in [4.78, 5) is 2.25. The maximum atomic E-state index is 12.8. The molecule has 1 saturated heterocycles. The van der Waals surface area contributed by atoms with Crippen LogP contribution in [0.15, 0.2) is 22.7 Å². The molecule has 2 atom stereocenters. The fourth-order valence-corrected chi connectivity index (χ4v) is 3.39. The molecule has 1 N–H and O–H groups in total. The summed E-state index contributed by atoms with van der Waals surface area (Å²) in [6, 6.07) is 4.62. The Kier molecular flexibility index (Phi) is 10.7. The van der Waals surface area contributed by atoms with Crippen LogP contribution in [0.3, 0.4) is 0 Å². The third-order valence-corrected chi connectivity index (χ3v) is 4.74. The molecule has 0 amide bonds. The number of nitrogens with zero attached hydrogens (tertiary/aromatic N) is 1. The van der Waals surface area contributed by atoms with Crippen molar-refractivity contribution in [2.75, 3.05) is 26.2 Å². The van der Waals surface area contributed by atoms with Crippen molar-refractivity contribution in [1.82, 2.24) is 10.2 Å². The standard InChI is InChI=1S/C16H22BrF3N2O.2ClH/c1-3-11(2)15(22-8-6-21-7-9-22)13-10-12(17)4-5-14(13)23-16(18,19)20;;/h4-5,10-11,15,21H,3,6-9H2,1-2H3;2*1H/t11?,15-;;/m1../s1. The van der Waals surface area contributed by atoms with E-state index in [0.29, 0.717) is 5.56 Å². The van der Waals surface area contributed by atoms with Gasteiger partial charge in [0.25, 0.3) is 0 Å². The zero-order valence-electron chi connectivity index (χ0n) is 14.1. The van der Waals surface area contributed by atoms with Crippen LogP contribution in [-0.2, 0) is 0 Å². The van der Waals surface area contributed by atoms with Crippen molar-refractivity contribution in [2.45, 2.75) is 32.7 Å². The quantitative estimate of drug-likeness (QED) is 0.645. The first-order chi connectivity index (χ1) is 10.8. The molecule has 9 heteroatoms. The molecule has 1 aliphatic heterocycles. The first-order valence-corrected chi connectivity index (χ1v) is 8.61. The van der Waals surface area contributed by atoms with Crippen molar-refractivity contribution in [3.63, 3.8) is 0 Å². The number of ether oxygens (including phenoxy) is 1. The average Bonchev–Trinajstić information content (AvgIpc) is 2.50. The number of hydrogen-bond donors (Lipinski definition) is 1. The van der Waals surface area contributed by atoms with Crippen LogP contribution in [-0.4, -0.2) is 37.4 Å². The number of alkyl halides is 3. The van der Waals surface area contributed by atoms with Crippen LogP contribution in [0.4, 0.5) is 13.2 Å². The minimum atomic E-state index is -4.69. The van der Waals surface area contributed by atoms with Gasteiger partial charge in [-0.2, -0.15) is 0 Å². The van der Waals surface area contributed by atoms with Crippen LogP contribution in [0.1, 0.15) is 31.9 Å². The second kappa shape index (κ2) is 10.8. The smallest absolute Gasteiger partial charge is 0.405 e. The maximum Gasteiger partial charge on any atom is 0.573 e. The summed E-state index contributed by atoms with van der Waals surface area (Å²) in [5.41, 5.74) is 0.591. The molecule has 0 aromatic heterocycles. The molecule has 0 saturated carbocycles. The van der Waals surface area contributed by atoms with Crippen LogP contribution in [0.5, 0.6) is 5.75 Å². The van der Waals surface area contributed by atoms with Crippen molar-refractivity contribution in [3.8, 4) is 5.75 Å². The van der Waals surface area contributed by atoms with Gasteiger partial charge in [-0.15, -0.1) is 38.0 Å². The third kappa shape index (κ3) is 7.13. The Hall–Kier alpha value is -0.210. The summed E-state index contributed by atoms with van der Waals surface area (Å²) in [7, 11) is 0. The molecule has 1 aromatic carbocycles. The second-order valence-electron chi connectivity index (χ2n) is 5.85. The molecule has 1 aliphatic rings. The van der Waals surface area contributed by atoms with Gasteiger partial charge in [0.15, 0.2) is 0 Å². The third-order valence-electron chi connectivity index (χ3n) is 4.24. The minimum absolute atomic E-state index is 0. The molecule has 0 aliphatic carbocycles. The summed E-state index contributed by atoms with van der Waals surface area (Å²) in [6.07, 6.45) is -3.81. The molecule has 0 radical (unpaired) electrons. The van der Waals surface area contributed by atoms with Gasteiger partial charge in [-0.1, -0.05) is 36.2 Å². The van der Waals surface area contributed by atoms with E-state index in [4.69, 9.17) is 0 Å². The Labute approximate surface area is 167 Å². The van der Waals surface area contributed by atoms with E-state index in [0.717, 1.165) is 37.1 Å². The molecule has 1 fully saturated rings. The van der Waals surface area contributed by atoms with Crippen molar-refractivity contribution in [2.24, 2.45) is 5.92 Å². The molecule has 3 nitrogen and oxygen atoms in total. The van der Waals surface area contributed by atoms with Gasteiger partial charge >= 0.3 is 6.36 Å². The largest absolute Gasteiger partial charge is 0.573 e. The van der Waals surface area contributed by atoms with Crippen molar-refractivity contribution in [1.29, 1.82) is 0 Å². The monoisotopic (exact) mass is 466 g/mol. The van der Waals surface area contributed by atoms with Gasteiger partial charge in [0.1, 0.15) is 5.75 Å². The summed E-state index contributed by atoms with van der Waals surface area (Å²) in [6.45, 7) is 7.44. The van der Waals surface area contributed by atoms with E-state index in [-0.39, 0.29) is 42.5 Å². The minimum Gasteiger partial charge on any atom is -0.405 e. The molecule has 0 bridgehead atoms. The van der Waals surface area contributed by atoms with Gasteiger partial charge in [-0.3, -0.25) is 4.90 Å². The van der Waals surface area contributed by atoms with E-state index >= 15 is 0 Å². The van der Waals surface area contributed by atoms with Gasteiger partial charge in [-0.25, -0.2) is 0 Å². The molecular weight excluding hydrogens is 444 g/mol. The number of nitrogens with one attached hydrogen (secondary N) is 1. The van der Waals surface area contributed by atoms with E-state index in [1.54, 1.807) is 12.1 Å². The van der Waals surface area contributed by atoms with Gasteiger partial charge < -0.3 is 10.1 Å². The van der Waals surface area contributed by atoms with Crippen LogP contribution in [0, 0.1) is 5.92 Å². The SMILES string of the molecule is CCC(C)[C@H](c1cc(Br)ccc1OC(F)(F)F)N1CCNCC1.Cl.Cl. The lowest BCUT2D eigenvalue weighted by atomic mass is 9.90. The molecule has 1 aromatic rings. The topological polar surface area (TPSA) is 24.5 Å². The van der Waals surface area contributed by atoms with E-state index in [9.17, 15) is 13.2 Å². The molecule has 146 valence electrons. The van der Waals surface area contributed by atoms with Gasteiger partial charge in [-0.05, 0) is 24.1 Å². The van der Waals surface area contributed by atoms with Crippen LogP contribution < -0.4 is 10.1 Å². The summed E-state index contributed by atoms with van der Waals surface area (Å²) in [5, 5.41) is 3.28. The van der Waals surface area contributed by atoms with E-state index in [1.807, 2.05) is 0 Å². The van der Waals surface area contributed by atoms with Crippen molar-refractivity contribution in [3.05, 3.63) is 28.2 Å². The average molecular weight is 468 g/mol. The zero-order valence-corrected chi connectivity index (χ0v) is 17.3. The molecule has 1 unspecified atom stereocenters. The predicted molar refractivity (Wildman–Crippen MR) is 102 cm³/mol. The van der Waals surface area contributed by atoms with E-state index in [2.05, 4.69) is 44.7 Å². The highest BCUT2D eigenvalue weighted by atomic mass is 79.9. The lowest BCUT2D eigenvalue weighted by Crippen LogP contribution is -2.46. The maximum absolute atomic E-state index is 12.8. The number of rotatable bonds is 5. The van der Waals surface area contributed by atoms with E-state index in [1.165, 1.54) is 6.07 Å². The zero-order chi connectivity index (χ0) is 17.0. The highest BCUT2D eigenvalue weighted by molar-refractivity contribution is 9.10. The van der Waals surface area contributed by atoms with Gasteiger partial charge in [0.05, 0.1) is 0 Å². The number of benzene rings is 1. The summed E-state index contributed by atoms with van der Waals surface area (Å²) >= 11 is 3.37.